The lowest BCUT2D eigenvalue weighted by atomic mass is 10.3. The topological polar surface area (TPSA) is 161 Å². The molecule has 8 N–H and O–H groups in total. The summed E-state index contributed by atoms with van der Waals surface area (Å²) in [4.78, 5) is 22.3. The molecule has 0 aliphatic rings. The van der Waals surface area contributed by atoms with Crippen LogP contribution < -0.4 is 33.2 Å². The van der Waals surface area contributed by atoms with Crippen LogP contribution in [-0.2, 0) is 13.1 Å². The van der Waals surface area contributed by atoms with Crippen LogP contribution in [0.15, 0.2) is 87.7 Å². The van der Waals surface area contributed by atoms with Gasteiger partial charge in [0.2, 0.25) is 0 Å². The molecule has 0 aliphatic heterocycles. The first-order chi connectivity index (χ1) is 17.0. The van der Waals surface area contributed by atoms with Gasteiger partial charge in [-0.3, -0.25) is 20.4 Å². The van der Waals surface area contributed by atoms with Gasteiger partial charge in [-0.2, -0.15) is 0 Å². The lowest BCUT2D eigenvalue weighted by Gasteiger charge is -2.03. The molecular formula is C24H25FN6O4. The van der Waals surface area contributed by atoms with Crippen molar-refractivity contribution in [1.82, 2.24) is 10.9 Å². The second kappa shape index (κ2) is 12.6. The van der Waals surface area contributed by atoms with Gasteiger partial charge in [-0.25, -0.2) is 16.1 Å². The van der Waals surface area contributed by atoms with E-state index in [-0.39, 0.29) is 17.3 Å². The number of nitrogens with one attached hydrogen (secondary N) is 4. The molecule has 2 aromatic heterocycles. The van der Waals surface area contributed by atoms with E-state index < -0.39 is 11.8 Å². The zero-order valence-corrected chi connectivity index (χ0v) is 18.6. The van der Waals surface area contributed by atoms with Gasteiger partial charge in [-0.1, -0.05) is 18.2 Å². The minimum Gasteiger partial charge on any atom is -0.454 e. The van der Waals surface area contributed by atoms with Crippen molar-refractivity contribution in [3.8, 4) is 0 Å². The van der Waals surface area contributed by atoms with Gasteiger partial charge in [0.25, 0.3) is 0 Å². The van der Waals surface area contributed by atoms with Gasteiger partial charge < -0.3 is 19.5 Å². The summed E-state index contributed by atoms with van der Waals surface area (Å²) in [5, 5.41) is 6.21. The van der Waals surface area contributed by atoms with Gasteiger partial charge >= 0.3 is 11.8 Å². The third-order valence-corrected chi connectivity index (χ3v) is 4.58. The maximum Gasteiger partial charge on any atom is 0.300 e. The van der Waals surface area contributed by atoms with Crippen LogP contribution in [0.25, 0.3) is 0 Å². The Labute approximate surface area is 200 Å². The summed E-state index contributed by atoms with van der Waals surface area (Å²) >= 11 is 0. The van der Waals surface area contributed by atoms with Crippen LogP contribution in [0.1, 0.15) is 32.6 Å². The van der Waals surface area contributed by atoms with Gasteiger partial charge in [0.05, 0.1) is 13.1 Å². The summed E-state index contributed by atoms with van der Waals surface area (Å²) in [6.45, 7) is 0.908. The molecule has 2 amide bonds. The van der Waals surface area contributed by atoms with Crippen LogP contribution in [0, 0.1) is 5.82 Å². The summed E-state index contributed by atoms with van der Waals surface area (Å²) in [6, 6.07) is 22.2. The molecule has 4 aromatic rings. The molecule has 2 heterocycles. The summed E-state index contributed by atoms with van der Waals surface area (Å²) in [6.07, 6.45) is 0. The molecule has 0 saturated carbocycles. The predicted molar refractivity (Wildman–Crippen MR) is 128 cm³/mol. The Morgan fingerprint density at radius 2 is 1.11 bits per heavy atom. The number of benzene rings is 2. The average Bonchev–Trinajstić information content (AvgIpc) is 3.57. The smallest absolute Gasteiger partial charge is 0.300 e. The van der Waals surface area contributed by atoms with E-state index in [1.54, 1.807) is 30.3 Å². The number of carbonyl (C=O) groups excluding carboxylic acids is 2. The molecule has 182 valence electrons. The number of nitrogens with two attached hydrogens (primary N) is 2. The Morgan fingerprint density at radius 3 is 1.57 bits per heavy atom. The van der Waals surface area contributed by atoms with E-state index >= 15 is 0 Å². The first kappa shape index (κ1) is 25.0. The second-order valence-corrected chi connectivity index (χ2v) is 7.06. The van der Waals surface area contributed by atoms with Gasteiger partial charge in [0, 0.05) is 11.4 Å². The van der Waals surface area contributed by atoms with E-state index in [0.29, 0.717) is 24.6 Å². The fraction of sp³-hybridized carbons (Fsp3) is 0.0833. The highest BCUT2D eigenvalue weighted by Crippen LogP contribution is 2.13. The van der Waals surface area contributed by atoms with Crippen LogP contribution in [0.2, 0.25) is 0 Å². The molecule has 2 aromatic carbocycles. The number of rotatable bonds is 8. The fourth-order valence-electron chi connectivity index (χ4n) is 2.83. The molecule has 0 bridgehead atoms. The molecule has 0 radical (unpaired) electrons. The van der Waals surface area contributed by atoms with E-state index in [2.05, 4.69) is 10.6 Å². The van der Waals surface area contributed by atoms with Crippen LogP contribution in [-0.4, -0.2) is 11.8 Å². The predicted octanol–water partition coefficient (Wildman–Crippen LogP) is 3.13. The lowest BCUT2D eigenvalue weighted by Crippen LogP contribution is -2.29. The largest absolute Gasteiger partial charge is 0.454 e. The fourth-order valence-corrected chi connectivity index (χ4v) is 2.83. The van der Waals surface area contributed by atoms with Crippen LogP contribution in [0.4, 0.5) is 15.8 Å². The van der Waals surface area contributed by atoms with Crippen molar-refractivity contribution in [3.63, 3.8) is 0 Å². The summed E-state index contributed by atoms with van der Waals surface area (Å²) in [7, 11) is 0. The van der Waals surface area contributed by atoms with E-state index in [4.69, 9.17) is 20.5 Å². The molecule has 0 aliphatic carbocycles. The van der Waals surface area contributed by atoms with Gasteiger partial charge in [0.1, 0.15) is 17.3 Å². The Bertz CT molecular complexity index is 1220. The molecule has 11 heteroatoms. The zero-order chi connectivity index (χ0) is 25.0. The third kappa shape index (κ3) is 7.74. The molecule has 4 rings (SSSR count). The normalized spacial score (nSPS) is 10.0. The SMILES string of the molecule is NNC(=O)c1ccc(CNc2ccc(F)cc2)o1.NNC(=O)c1ccc(CNc2ccccc2)o1. The molecule has 0 saturated heterocycles. The Balaban J connectivity index is 0.000000196. The Hall–Kier alpha value is -4.61. The van der Waals surface area contributed by atoms with E-state index in [0.717, 1.165) is 11.4 Å². The number of hydrazine groups is 2. The molecule has 0 fully saturated rings. The van der Waals surface area contributed by atoms with Gasteiger partial charge in [-0.15, -0.1) is 0 Å². The number of halogens is 1. The van der Waals surface area contributed by atoms with E-state index in [9.17, 15) is 14.0 Å². The van der Waals surface area contributed by atoms with Crippen LogP contribution in [0.5, 0.6) is 0 Å². The maximum atomic E-state index is 12.7. The minimum atomic E-state index is -0.483. The van der Waals surface area contributed by atoms with Crippen molar-refractivity contribution in [2.24, 2.45) is 11.7 Å². The average molecular weight is 481 g/mol. The number of para-hydroxylation sites is 1. The number of carbonyl (C=O) groups is 2. The number of anilines is 2. The van der Waals surface area contributed by atoms with E-state index in [1.807, 2.05) is 41.2 Å². The monoisotopic (exact) mass is 480 g/mol. The second-order valence-electron chi connectivity index (χ2n) is 7.06. The molecule has 10 nitrogen and oxygen atoms in total. The summed E-state index contributed by atoms with van der Waals surface area (Å²) < 4.78 is 23.2. The van der Waals surface area contributed by atoms with Gasteiger partial charge in [0.15, 0.2) is 11.5 Å². The molecule has 0 spiro atoms. The highest BCUT2D eigenvalue weighted by Gasteiger charge is 2.10. The number of hydrogen-bond donors (Lipinski definition) is 6. The van der Waals surface area contributed by atoms with Crippen molar-refractivity contribution < 1.29 is 22.8 Å². The molecule has 0 unspecified atom stereocenters. The first-order valence-electron chi connectivity index (χ1n) is 10.5. The number of nitrogen functional groups attached to an aromatic ring is 2. The highest BCUT2D eigenvalue weighted by atomic mass is 19.1. The summed E-state index contributed by atoms with van der Waals surface area (Å²) in [5.41, 5.74) is 5.75. The Morgan fingerprint density at radius 1 is 0.657 bits per heavy atom. The van der Waals surface area contributed by atoms with Crippen molar-refractivity contribution in [2.45, 2.75) is 13.1 Å². The maximum absolute atomic E-state index is 12.7. The quantitative estimate of drug-likeness (QED) is 0.127. The number of furan rings is 2. The molecule has 0 atom stereocenters. The highest BCUT2D eigenvalue weighted by molar-refractivity contribution is 5.91. The third-order valence-electron chi connectivity index (χ3n) is 4.58. The first-order valence-corrected chi connectivity index (χ1v) is 10.5. The number of hydrogen-bond acceptors (Lipinski definition) is 8. The lowest BCUT2D eigenvalue weighted by molar-refractivity contribution is 0.0917. The van der Waals surface area contributed by atoms with Gasteiger partial charge in [-0.05, 0) is 60.7 Å². The van der Waals surface area contributed by atoms with Crippen LogP contribution in [0.3, 0.4) is 0 Å². The van der Waals surface area contributed by atoms with Crippen molar-refractivity contribution in [2.75, 3.05) is 10.6 Å². The van der Waals surface area contributed by atoms with E-state index in [1.165, 1.54) is 18.2 Å². The minimum absolute atomic E-state index is 0.147. The van der Waals surface area contributed by atoms with Crippen LogP contribution >= 0.6 is 0 Å². The van der Waals surface area contributed by atoms with Crippen molar-refractivity contribution >= 4 is 23.2 Å². The molecule has 35 heavy (non-hydrogen) atoms. The standard InChI is InChI=1S/C12H12FN3O2.C12H13N3O2/c13-8-1-3-9(4-2-8)15-7-10-5-6-11(18-10)12(17)16-14;13-15-12(16)11-7-6-10(17-11)8-14-9-4-2-1-3-5-9/h1-6,15H,7,14H2,(H,16,17);1-7,14H,8,13H2,(H,15,16). The molecular weight excluding hydrogens is 455 g/mol. The Kier molecular flexibility index (Phi) is 8.99. The van der Waals surface area contributed by atoms with Crippen molar-refractivity contribution in [1.29, 1.82) is 0 Å². The summed E-state index contributed by atoms with van der Waals surface area (Å²) in [5.74, 6) is 10.4. The number of amides is 2. The zero-order valence-electron chi connectivity index (χ0n) is 18.6. The van der Waals surface area contributed by atoms with Crippen molar-refractivity contribution in [3.05, 3.63) is 108 Å².